The van der Waals surface area contributed by atoms with E-state index in [1.54, 1.807) is 30.4 Å². The molecule has 0 amide bonds. The molecule has 0 saturated carbocycles. The molecule has 1 aliphatic heterocycles. The highest BCUT2D eigenvalue weighted by Gasteiger charge is 2.31. The van der Waals surface area contributed by atoms with Crippen LogP contribution in [0.1, 0.15) is 30.4 Å². The first kappa shape index (κ1) is 27.7. The van der Waals surface area contributed by atoms with Crippen molar-refractivity contribution in [3.05, 3.63) is 77.3 Å². The zero-order valence-electron chi connectivity index (χ0n) is 20.9. The lowest BCUT2D eigenvalue weighted by molar-refractivity contribution is -0.0714. The van der Waals surface area contributed by atoms with Gasteiger partial charge in [0.05, 0.1) is 43.7 Å². The quantitative estimate of drug-likeness (QED) is 0.365. The maximum absolute atomic E-state index is 14.7. The molecular weight excluding hydrogens is 499 g/mol. The number of aliphatic hydroxyl groups excluding tert-OH is 2. The van der Waals surface area contributed by atoms with Crippen molar-refractivity contribution < 1.29 is 32.9 Å². The summed E-state index contributed by atoms with van der Waals surface area (Å²) in [4.78, 5) is 8.41. The molecule has 4 rings (SSSR count). The third kappa shape index (κ3) is 6.96. The predicted molar refractivity (Wildman–Crippen MR) is 138 cm³/mol. The summed E-state index contributed by atoms with van der Waals surface area (Å²) < 4.78 is 53.2. The monoisotopic (exact) mass is 529 g/mol. The third-order valence-corrected chi connectivity index (χ3v) is 6.39. The number of hydrogen-bond donors (Lipinski definition) is 3. The highest BCUT2D eigenvalue weighted by Crippen LogP contribution is 2.27. The van der Waals surface area contributed by atoms with Gasteiger partial charge in [0.25, 0.3) is 0 Å². The van der Waals surface area contributed by atoms with Gasteiger partial charge in [0, 0.05) is 36.2 Å². The van der Waals surface area contributed by atoms with E-state index in [-0.39, 0.29) is 29.7 Å². The van der Waals surface area contributed by atoms with Crippen molar-refractivity contribution >= 4 is 23.2 Å². The molecule has 1 aliphatic rings. The maximum Gasteiger partial charge on any atom is 0.213 e. The van der Waals surface area contributed by atoms with E-state index in [0.717, 1.165) is 24.4 Å². The second kappa shape index (κ2) is 13.0. The number of rotatable bonds is 10. The first-order chi connectivity index (χ1) is 18.4. The van der Waals surface area contributed by atoms with Crippen LogP contribution in [0.5, 0.6) is 5.88 Å². The minimum Gasteiger partial charge on any atom is -0.481 e. The van der Waals surface area contributed by atoms with Gasteiger partial charge in [-0.25, -0.2) is 18.2 Å². The molecule has 0 bridgehead atoms. The first-order valence-electron chi connectivity index (χ1n) is 12.3. The molecule has 202 valence electrons. The molecule has 4 atom stereocenters. The number of benzene rings is 1. The fourth-order valence-corrected chi connectivity index (χ4v) is 4.42. The molecule has 0 radical (unpaired) electrons. The van der Waals surface area contributed by atoms with Gasteiger partial charge in [-0.2, -0.15) is 0 Å². The normalized spacial score (nSPS) is 20.9. The SMILES string of the molecule is COc1ccc2ncc(F)c(C=C[C@@H]3CC[C@@H](NC/C=C/c4cc(F)ccc4F)[C@@H](C[C@H](O)CO)O3)c2n1. The van der Waals surface area contributed by atoms with Crippen molar-refractivity contribution in [1.29, 1.82) is 0 Å². The molecule has 7 nitrogen and oxygen atoms in total. The predicted octanol–water partition coefficient (Wildman–Crippen LogP) is 4.03. The Hall–Kier alpha value is -3.31. The van der Waals surface area contributed by atoms with Gasteiger partial charge in [-0.05, 0) is 37.1 Å². The summed E-state index contributed by atoms with van der Waals surface area (Å²) in [6, 6.07) is 6.45. The highest BCUT2D eigenvalue weighted by atomic mass is 19.1. The van der Waals surface area contributed by atoms with Crippen LogP contribution < -0.4 is 10.1 Å². The van der Waals surface area contributed by atoms with Gasteiger partial charge < -0.3 is 25.0 Å². The summed E-state index contributed by atoms with van der Waals surface area (Å²) >= 11 is 0. The van der Waals surface area contributed by atoms with Crippen molar-refractivity contribution in [2.75, 3.05) is 20.3 Å². The average molecular weight is 530 g/mol. The molecule has 38 heavy (non-hydrogen) atoms. The Morgan fingerprint density at radius 2 is 2.00 bits per heavy atom. The van der Waals surface area contributed by atoms with Crippen LogP contribution in [0.25, 0.3) is 23.2 Å². The molecule has 2 aromatic heterocycles. The Balaban J connectivity index is 1.44. The second-order valence-corrected chi connectivity index (χ2v) is 9.05. The lowest BCUT2D eigenvalue weighted by Crippen LogP contribution is -2.48. The Morgan fingerprint density at radius 1 is 1.16 bits per heavy atom. The van der Waals surface area contributed by atoms with E-state index in [9.17, 15) is 23.4 Å². The zero-order valence-corrected chi connectivity index (χ0v) is 20.9. The van der Waals surface area contributed by atoms with Gasteiger partial charge in [-0.1, -0.05) is 24.3 Å². The summed E-state index contributed by atoms with van der Waals surface area (Å²) in [6.07, 6.45) is 7.37. The summed E-state index contributed by atoms with van der Waals surface area (Å²) in [5.41, 5.74) is 1.30. The summed E-state index contributed by atoms with van der Waals surface area (Å²) in [7, 11) is 1.48. The van der Waals surface area contributed by atoms with Gasteiger partial charge >= 0.3 is 0 Å². The van der Waals surface area contributed by atoms with Crippen molar-refractivity contribution in [2.45, 2.75) is 43.6 Å². The molecule has 3 aromatic rings. The van der Waals surface area contributed by atoms with Crippen LogP contribution in [0.2, 0.25) is 0 Å². The van der Waals surface area contributed by atoms with Gasteiger partial charge in [0.2, 0.25) is 5.88 Å². The maximum atomic E-state index is 14.7. The molecule has 3 heterocycles. The van der Waals surface area contributed by atoms with Crippen LogP contribution in [-0.2, 0) is 4.74 Å². The Bertz CT molecular complexity index is 1300. The molecule has 1 fully saturated rings. The molecule has 3 N–H and O–H groups in total. The van der Waals surface area contributed by atoms with Crippen LogP contribution in [0.4, 0.5) is 13.2 Å². The molecule has 1 aromatic carbocycles. The average Bonchev–Trinajstić information content (AvgIpc) is 2.92. The lowest BCUT2D eigenvalue weighted by atomic mass is 9.94. The van der Waals surface area contributed by atoms with Gasteiger partial charge in [-0.3, -0.25) is 4.98 Å². The fraction of sp³-hybridized carbons (Fsp3) is 0.357. The Kier molecular flexibility index (Phi) is 9.46. The van der Waals surface area contributed by atoms with Crippen LogP contribution >= 0.6 is 0 Å². The van der Waals surface area contributed by atoms with E-state index in [4.69, 9.17) is 9.47 Å². The molecular formula is C28H30F3N3O4. The first-order valence-corrected chi connectivity index (χ1v) is 12.3. The van der Waals surface area contributed by atoms with E-state index in [1.165, 1.54) is 13.2 Å². The molecule has 0 aliphatic carbocycles. The largest absolute Gasteiger partial charge is 0.481 e. The second-order valence-electron chi connectivity index (χ2n) is 9.05. The number of nitrogens with one attached hydrogen (secondary N) is 1. The molecule has 10 heteroatoms. The van der Waals surface area contributed by atoms with E-state index in [0.29, 0.717) is 36.3 Å². The summed E-state index contributed by atoms with van der Waals surface area (Å²) in [5, 5.41) is 22.7. The Morgan fingerprint density at radius 3 is 2.79 bits per heavy atom. The Labute approximate surface area is 218 Å². The summed E-state index contributed by atoms with van der Waals surface area (Å²) in [5.74, 6) is -1.23. The standard InChI is InChI=1S/C28H30F3N3O4/c1-37-27-11-10-25-28(34-27)21(23(31)15-33-25)7-5-20-6-9-24(26(38-20)14-19(36)16-35)32-12-2-3-17-13-18(29)4-8-22(17)30/h2-5,7-8,10-11,13,15,19-20,24,26,32,35-36H,6,9,12,14,16H2,1H3/b3-2+,7-5?/t19-,20+,24+,26+/m0/s1. The van der Waals surface area contributed by atoms with Crippen LogP contribution in [-0.4, -0.2) is 64.8 Å². The van der Waals surface area contributed by atoms with Crippen molar-refractivity contribution in [3.8, 4) is 5.88 Å². The smallest absolute Gasteiger partial charge is 0.213 e. The van der Waals surface area contributed by atoms with E-state index in [1.807, 2.05) is 0 Å². The highest BCUT2D eigenvalue weighted by molar-refractivity contribution is 5.84. The van der Waals surface area contributed by atoms with Crippen molar-refractivity contribution in [3.63, 3.8) is 0 Å². The number of aromatic nitrogens is 2. The molecule has 0 unspecified atom stereocenters. The number of pyridine rings is 2. The number of halogens is 3. The van der Waals surface area contributed by atoms with Crippen LogP contribution in [0.3, 0.4) is 0 Å². The van der Waals surface area contributed by atoms with Crippen LogP contribution in [0, 0.1) is 17.5 Å². The van der Waals surface area contributed by atoms with Gasteiger partial charge in [-0.15, -0.1) is 0 Å². The van der Waals surface area contributed by atoms with E-state index < -0.39 is 36.3 Å². The third-order valence-electron chi connectivity index (χ3n) is 6.39. The van der Waals surface area contributed by atoms with E-state index >= 15 is 0 Å². The number of ether oxygens (including phenoxy) is 2. The minimum atomic E-state index is -0.970. The summed E-state index contributed by atoms with van der Waals surface area (Å²) in [6.45, 7) is -0.0501. The number of methoxy groups -OCH3 is 1. The lowest BCUT2D eigenvalue weighted by Gasteiger charge is -2.37. The van der Waals surface area contributed by atoms with E-state index in [2.05, 4.69) is 15.3 Å². The molecule has 1 saturated heterocycles. The topological polar surface area (TPSA) is 96.7 Å². The van der Waals surface area contributed by atoms with Crippen molar-refractivity contribution in [2.24, 2.45) is 0 Å². The number of hydrogen-bond acceptors (Lipinski definition) is 7. The fourth-order valence-electron chi connectivity index (χ4n) is 4.42. The van der Waals surface area contributed by atoms with Gasteiger partial charge in [0.15, 0.2) is 5.82 Å². The van der Waals surface area contributed by atoms with Crippen LogP contribution in [0.15, 0.2) is 48.7 Å². The zero-order chi connectivity index (χ0) is 27.1. The van der Waals surface area contributed by atoms with Crippen molar-refractivity contribution in [1.82, 2.24) is 15.3 Å². The van der Waals surface area contributed by atoms with Gasteiger partial charge in [0.1, 0.15) is 17.2 Å². The number of aliphatic hydroxyl groups is 2. The number of fused-ring (bicyclic) bond motifs is 1. The molecule has 0 spiro atoms. The minimum absolute atomic E-state index is 0.145. The number of nitrogens with zero attached hydrogens (tertiary/aromatic N) is 2.